The molecular formula is C22H29N3O2S. The minimum atomic E-state index is -0.0212. The van der Waals surface area contributed by atoms with Crippen LogP contribution in [0.1, 0.15) is 31.6 Å². The van der Waals surface area contributed by atoms with E-state index in [0.29, 0.717) is 19.5 Å². The quantitative estimate of drug-likeness (QED) is 0.772. The molecule has 2 heterocycles. The monoisotopic (exact) mass is 399 g/mol. The summed E-state index contributed by atoms with van der Waals surface area (Å²) in [5, 5.41) is 4.88. The first-order valence-corrected chi connectivity index (χ1v) is 10.8. The molecule has 0 atom stereocenters. The van der Waals surface area contributed by atoms with Crippen LogP contribution < -0.4 is 15.1 Å². The second-order valence-corrected chi connectivity index (χ2v) is 8.49. The van der Waals surface area contributed by atoms with Crippen LogP contribution in [0.5, 0.6) is 0 Å². The summed E-state index contributed by atoms with van der Waals surface area (Å²) in [5.41, 5.74) is 2.08. The number of rotatable bonds is 7. The Morgan fingerprint density at radius 3 is 2.50 bits per heavy atom. The first-order chi connectivity index (χ1) is 13.5. The molecule has 1 N–H and O–H groups in total. The lowest BCUT2D eigenvalue weighted by Crippen LogP contribution is -2.38. The smallest absolute Gasteiger partial charge is 0.225 e. The van der Waals surface area contributed by atoms with Crippen LogP contribution in [0.25, 0.3) is 0 Å². The molecule has 1 aromatic carbocycles. The number of piperidine rings is 1. The Kier molecular flexibility index (Phi) is 7.09. The van der Waals surface area contributed by atoms with E-state index in [1.165, 1.54) is 18.5 Å². The average molecular weight is 400 g/mol. The molecule has 1 fully saturated rings. The Labute approximate surface area is 171 Å². The van der Waals surface area contributed by atoms with Crippen molar-refractivity contribution >= 4 is 34.5 Å². The van der Waals surface area contributed by atoms with Gasteiger partial charge in [0.25, 0.3) is 0 Å². The largest absolute Gasteiger partial charge is 0.372 e. The molecule has 1 aromatic heterocycles. The number of hydrogen-bond acceptors (Lipinski definition) is 4. The Bertz CT molecular complexity index is 766. The van der Waals surface area contributed by atoms with Gasteiger partial charge in [0.15, 0.2) is 0 Å². The van der Waals surface area contributed by atoms with Crippen molar-refractivity contribution in [3.63, 3.8) is 0 Å². The molecule has 1 aliphatic rings. The lowest BCUT2D eigenvalue weighted by atomic mass is 9.99. The van der Waals surface area contributed by atoms with Crippen molar-refractivity contribution in [2.45, 2.75) is 33.1 Å². The highest BCUT2D eigenvalue weighted by Gasteiger charge is 2.17. The zero-order chi connectivity index (χ0) is 19.9. The van der Waals surface area contributed by atoms with Gasteiger partial charge in [-0.25, -0.2) is 0 Å². The van der Waals surface area contributed by atoms with E-state index in [9.17, 15) is 9.59 Å². The van der Waals surface area contributed by atoms with Crippen molar-refractivity contribution in [3.05, 3.63) is 46.7 Å². The summed E-state index contributed by atoms with van der Waals surface area (Å²) >= 11 is 1.58. The molecule has 1 saturated heterocycles. The molecule has 6 heteroatoms. The molecule has 3 rings (SSSR count). The molecule has 28 heavy (non-hydrogen) atoms. The molecular weight excluding hydrogens is 370 g/mol. The first-order valence-electron chi connectivity index (χ1n) is 9.95. The van der Waals surface area contributed by atoms with E-state index < -0.39 is 0 Å². The fourth-order valence-corrected chi connectivity index (χ4v) is 4.22. The standard InChI is InChI=1S/C22H29N3O2S/c1-17-9-12-24(13-10-17)19-5-7-20(8-6-19)25(18(2)26)14-11-23-22(27)16-21-4-3-15-28-21/h3-8,15,17H,9-14,16H2,1-2H3,(H,23,27). The molecule has 2 aromatic rings. The summed E-state index contributed by atoms with van der Waals surface area (Å²) < 4.78 is 0. The number of amides is 2. The topological polar surface area (TPSA) is 52.7 Å². The fraction of sp³-hybridized carbons (Fsp3) is 0.455. The minimum absolute atomic E-state index is 0.0133. The summed E-state index contributed by atoms with van der Waals surface area (Å²) in [5.74, 6) is 0.770. The van der Waals surface area contributed by atoms with E-state index in [-0.39, 0.29) is 11.8 Å². The number of carbonyl (C=O) groups excluding carboxylic acids is 2. The van der Waals surface area contributed by atoms with Crippen molar-refractivity contribution in [1.82, 2.24) is 5.32 Å². The van der Waals surface area contributed by atoms with Gasteiger partial charge in [0, 0.05) is 49.4 Å². The molecule has 1 aliphatic heterocycles. The number of benzene rings is 1. The fourth-order valence-electron chi connectivity index (χ4n) is 3.52. The molecule has 0 saturated carbocycles. The van der Waals surface area contributed by atoms with E-state index >= 15 is 0 Å². The van der Waals surface area contributed by atoms with Crippen molar-refractivity contribution < 1.29 is 9.59 Å². The molecule has 2 amide bonds. The van der Waals surface area contributed by atoms with Gasteiger partial charge in [-0.05, 0) is 54.5 Å². The lowest BCUT2D eigenvalue weighted by molar-refractivity contribution is -0.120. The normalized spacial score (nSPS) is 14.7. The van der Waals surface area contributed by atoms with Crippen molar-refractivity contribution in [2.24, 2.45) is 5.92 Å². The zero-order valence-electron chi connectivity index (χ0n) is 16.7. The Morgan fingerprint density at radius 1 is 1.18 bits per heavy atom. The van der Waals surface area contributed by atoms with E-state index in [2.05, 4.69) is 29.3 Å². The number of nitrogens with one attached hydrogen (secondary N) is 1. The highest BCUT2D eigenvalue weighted by molar-refractivity contribution is 7.10. The number of carbonyl (C=O) groups is 2. The molecule has 150 valence electrons. The molecule has 0 spiro atoms. The Morgan fingerprint density at radius 2 is 1.89 bits per heavy atom. The maximum absolute atomic E-state index is 12.1. The summed E-state index contributed by atoms with van der Waals surface area (Å²) in [6.45, 7) is 6.96. The van der Waals surface area contributed by atoms with E-state index in [0.717, 1.165) is 29.6 Å². The molecule has 5 nitrogen and oxygen atoms in total. The second kappa shape index (κ2) is 9.73. The van der Waals surface area contributed by atoms with Crippen molar-refractivity contribution in [3.8, 4) is 0 Å². The van der Waals surface area contributed by atoms with Gasteiger partial charge >= 0.3 is 0 Å². The van der Waals surface area contributed by atoms with E-state index in [4.69, 9.17) is 0 Å². The minimum Gasteiger partial charge on any atom is -0.372 e. The molecule has 0 bridgehead atoms. The van der Waals surface area contributed by atoms with Crippen LogP contribution in [0, 0.1) is 5.92 Å². The van der Waals surface area contributed by atoms with Gasteiger partial charge in [0.05, 0.1) is 6.42 Å². The predicted molar refractivity (Wildman–Crippen MR) is 116 cm³/mol. The van der Waals surface area contributed by atoms with Crippen LogP contribution in [-0.2, 0) is 16.0 Å². The highest BCUT2D eigenvalue weighted by atomic mass is 32.1. The van der Waals surface area contributed by atoms with Crippen molar-refractivity contribution in [2.75, 3.05) is 36.0 Å². The highest BCUT2D eigenvalue weighted by Crippen LogP contribution is 2.25. The first kappa shape index (κ1) is 20.4. The predicted octanol–water partition coefficient (Wildman–Crippen LogP) is 3.70. The van der Waals surface area contributed by atoms with Crippen LogP contribution in [0.15, 0.2) is 41.8 Å². The average Bonchev–Trinajstić information content (AvgIpc) is 3.19. The van der Waals surface area contributed by atoms with E-state index in [1.807, 2.05) is 29.6 Å². The maximum Gasteiger partial charge on any atom is 0.225 e. The van der Waals surface area contributed by atoms with Gasteiger partial charge in [-0.1, -0.05) is 13.0 Å². The lowest BCUT2D eigenvalue weighted by Gasteiger charge is -2.32. The van der Waals surface area contributed by atoms with E-state index in [1.54, 1.807) is 23.2 Å². The van der Waals surface area contributed by atoms with Crippen LogP contribution in [-0.4, -0.2) is 38.0 Å². The third kappa shape index (κ3) is 5.58. The summed E-state index contributed by atoms with van der Waals surface area (Å²) in [7, 11) is 0. The number of thiophene rings is 1. The summed E-state index contributed by atoms with van der Waals surface area (Å²) in [6, 6.07) is 12.1. The SMILES string of the molecule is CC(=O)N(CCNC(=O)Cc1cccs1)c1ccc(N2CCC(C)CC2)cc1. The van der Waals surface area contributed by atoms with Gasteiger partial charge in [0.2, 0.25) is 11.8 Å². The number of nitrogens with zero attached hydrogens (tertiary/aromatic N) is 2. The third-order valence-electron chi connectivity index (χ3n) is 5.26. The van der Waals surface area contributed by atoms with Gasteiger partial charge in [-0.3, -0.25) is 9.59 Å². The van der Waals surface area contributed by atoms with Crippen LogP contribution in [0.3, 0.4) is 0 Å². The van der Waals surface area contributed by atoms with Gasteiger partial charge in [0.1, 0.15) is 0 Å². The summed E-state index contributed by atoms with van der Waals surface area (Å²) in [6.07, 6.45) is 2.85. The van der Waals surface area contributed by atoms with Crippen molar-refractivity contribution in [1.29, 1.82) is 0 Å². The molecule has 0 aliphatic carbocycles. The summed E-state index contributed by atoms with van der Waals surface area (Å²) in [4.78, 5) is 29.3. The number of hydrogen-bond donors (Lipinski definition) is 1. The van der Waals surface area contributed by atoms with Gasteiger partial charge in [-0.2, -0.15) is 0 Å². The van der Waals surface area contributed by atoms with Crippen LogP contribution in [0.4, 0.5) is 11.4 Å². The molecule has 0 radical (unpaired) electrons. The molecule has 0 unspecified atom stereocenters. The second-order valence-electron chi connectivity index (χ2n) is 7.46. The maximum atomic E-state index is 12.1. The van der Waals surface area contributed by atoms with Crippen LogP contribution in [0.2, 0.25) is 0 Å². The van der Waals surface area contributed by atoms with Gasteiger partial charge < -0.3 is 15.1 Å². The Balaban J connectivity index is 1.53. The Hall–Kier alpha value is -2.34. The zero-order valence-corrected chi connectivity index (χ0v) is 17.5. The van der Waals surface area contributed by atoms with Crippen LogP contribution >= 0.6 is 11.3 Å². The number of anilines is 2. The van der Waals surface area contributed by atoms with Gasteiger partial charge in [-0.15, -0.1) is 11.3 Å². The third-order valence-corrected chi connectivity index (χ3v) is 6.14.